The summed E-state index contributed by atoms with van der Waals surface area (Å²) in [5, 5.41) is 3.47. The maximum Gasteiger partial charge on any atom is 0.255 e. The molecule has 0 aromatic heterocycles. The van der Waals surface area contributed by atoms with Gasteiger partial charge in [0.05, 0.1) is 7.11 Å². The molecule has 2 aromatic rings. The third-order valence-corrected chi connectivity index (χ3v) is 3.51. The van der Waals surface area contributed by atoms with E-state index in [9.17, 15) is 4.79 Å². The molecule has 0 bridgehead atoms. The smallest absolute Gasteiger partial charge is 0.255 e. The zero-order valence-electron chi connectivity index (χ0n) is 13.8. The molecule has 0 radical (unpaired) electrons. The van der Waals surface area contributed by atoms with Gasteiger partial charge >= 0.3 is 0 Å². The normalized spacial score (nSPS) is 11.2. The Morgan fingerprint density at radius 2 is 1.88 bits per heavy atom. The van der Waals surface area contributed by atoms with Crippen molar-refractivity contribution in [3.05, 3.63) is 59.7 Å². The predicted molar refractivity (Wildman–Crippen MR) is 89.4 cm³/mol. The molecule has 2 rings (SSSR count). The van der Waals surface area contributed by atoms with Crippen LogP contribution in [0.15, 0.2) is 48.5 Å². The van der Waals surface area contributed by atoms with Crippen molar-refractivity contribution in [3.8, 4) is 11.5 Å². The lowest BCUT2D eigenvalue weighted by Gasteiger charge is -2.15. The first-order valence-electron chi connectivity index (χ1n) is 7.46. The number of nitrogens with one attached hydrogen (secondary N) is 1. The number of ether oxygens (including phenoxy) is 2. The summed E-state index contributed by atoms with van der Waals surface area (Å²) in [5.41, 5.74) is 7.39. The highest BCUT2D eigenvalue weighted by Gasteiger charge is 2.09. The Kier molecular flexibility index (Phi) is 8.09. The highest BCUT2D eigenvalue weighted by Crippen LogP contribution is 2.28. The lowest BCUT2D eigenvalue weighted by Crippen LogP contribution is -3.00. The van der Waals surface area contributed by atoms with Crippen LogP contribution >= 0.6 is 0 Å². The Labute approximate surface area is 148 Å². The van der Waals surface area contributed by atoms with Gasteiger partial charge in [-0.15, -0.1) is 0 Å². The van der Waals surface area contributed by atoms with Crippen LogP contribution < -0.4 is 32.9 Å². The van der Waals surface area contributed by atoms with Gasteiger partial charge in [-0.3, -0.25) is 4.79 Å². The molecule has 24 heavy (non-hydrogen) atoms. The van der Waals surface area contributed by atoms with Gasteiger partial charge in [0.2, 0.25) is 0 Å². The van der Waals surface area contributed by atoms with Gasteiger partial charge in [0.1, 0.15) is 0 Å². The molecule has 1 amide bonds. The van der Waals surface area contributed by atoms with Gasteiger partial charge in [-0.25, -0.2) is 0 Å². The van der Waals surface area contributed by atoms with Crippen molar-refractivity contribution in [3.63, 3.8) is 0 Å². The summed E-state index contributed by atoms with van der Waals surface area (Å²) in [5.74, 6) is 0.568. The summed E-state index contributed by atoms with van der Waals surface area (Å²) < 4.78 is 10.6. The van der Waals surface area contributed by atoms with E-state index in [0.717, 1.165) is 5.56 Å². The second-order valence-corrected chi connectivity index (χ2v) is 5.25. The van der Waals surface area contributed by atoms with Gasteiger partial charge < -0.3 is 32.9 Å². The minimum atomic E-state index is -0.519. The third kappa shape index (κ3) is 5.76. The Balaban J connectivity index is 0.00000288. The number of primary amides is 1. The zero-order valence-corrected chi connectivity index (χ0v) is 14.5. The van der Waals surface area contributed by atoms with Crippen molar-refractivity contribution < 1.29 is 26.7 Å². The number of halogens is 1. The molecule has 5 nitrogen and oxygen atoms in total. The average Bonchev–Trinajstić information content (AvgIpc) is 2.58. The van der Waals surface area contributed by atoms with E-state index >= 15 is 0 Å². The molecule has 0 fully saturated rings. The zero-order chi connectivity index (χ0) is 16.7. The van der Waals surface area contributed by atoms with Crippen LogP contribution in [0.5, 0.6) is 11.5 Å². The number of amides is 1. The van der Waals surface area contributed by atoms with E-state index in [1.807, 2.05) is 30.3 Å². The van der Waals surface area contributed by atoms with Crippen LogP contribution in [0.3, 0.4) is 0 Å². The second-order valence-electron chi connectivity index (χ2n) is 5.25. The molecule has 0 aliphatic rings. The first kappa shape index (κ1) is 19.8. The second kappa shape index (κ2) is 9.80. The Morgan fingerprint density at radius 3 is 2.50 bits per heavy atom. The highest BCUT2D eigenvalue weighted by atomic mass is 35.5. The van der Waals surface area contributed by atoms with Gasteiger partial charge in [0.15, 0.2) is 18.1 Å². The molecule has 1 unspecified atom stereocenters. The van der Waals surface area contributed by atoms with E-state index < -0.39 is 5.91 Å². The molecule has 0 aliphatic carbocycles. The third-order valence-electron chi connectivity index (χ3n) is 3.51. The molecule has 6 heteroatoms. The fourth-order valence-electron chi connectivity index (χ4n) is 2.22. The van der Waals surface area contributed by atoms with Crippen molar-refractivity contribution in [1.82, 2.24) is 5.32 Å². The van der Waals surface area contributed by atoms with Gasteiger partial charge in [0, 0.05) is 12.6 Å². The first-order valence-corrected chi connectivity index (χ1v) is 7.46. The molecule has 0 aliphatic heterocycles. The number of carbonyl (C=O) groups is 1. The Morgan fingerprint density at radius 1 is 1.17 bits per heavy atom. The van der Waals surface area contributed by atoms with Crippen LogP contribution in [0.4, 0.5) is 0 Å². The Hall–Kier alpha value is -2.24. The van der Waals surface area contributed by atoms with Crippen molar-refractivity contribution in [1.29, 1.82) is 0 Å². The van der Waals surface area contributed by atoms with Crippen LogP contribution in [-0.4, -0.2) is 19.6 Å². The molecule has 0 heterocycles. The van der Waals surface area contributed by atoms with Crippen molar-refractivity contribution in [2.45, 2.75) is 19.5 Å². The van der Waals surface area contributed by atoms with Crippen LogP contribution in [0.25, 0.3) is 0 Å². The lowest BCUT2D eigenvalue weighted by molar-refractivity contribution is -0.119. The van der Waals surface area contributed by atoms with Crippen LogP contribution in [0.2, 0.25) is 0 Å². The van der Waals surface area contributed by atoms with Gasteiger partial charge in [0.25, 0.3) is 5.91 Å². The molecule has 0 saturated heterocycles. The molecule has 3 N–H and O–H groups in total. The Bertz CT molecular complexity index is 650. The van der Waals surface area contributed by atoms with E-state index in [0.29, 0.717) is 18.0 Å². The van der Waals surface area contributed by atoms with E-state index in [-0.39, 0.29) is 25.1 Å². The van der Waals surface area contributed by atoms with E-state index in [1.54, 1.807) is 13.2 Å². The van der Waals surface area contributed by atoms with Gasteiger partial charge in [-0.2, -0.15) is 0 Å². The maximum absolute atomic E-state index is 10.8. The summed E-state index contributed by atoms with van der Waals surface area (Å²) in [6.45, 7) is 2.65. The quantitative estimate of drug-likeness (QED) is 0.668. The summed E-state index contributed by atoms with van der Waals surface area (Å²) in [7, 11) is 1.57. The summed E-state index contributed by atoms with van der Waals surface area (Å²) in [6, 6.07) is 16.1. The fraction of sp³-hybridized carbons (Fsp3) is 0.278. The molecule has 0 spiro atoms. The summed E-state index contributed by atoms with van der Waals surface area (Å²) in [6.07, 6.45) is 0. The monoisotopic (exact) mass is 349 g/mol. The lowest BCUT2D eigenvalue weighted by atomic mass is 10.1. The number of rotatable bonds is 8. The number of hydrogen-bond donors (Lipinski definition) is 2. The maximum atomic E-state index is 10.8. The summed E-state index contributed by atoms with van der Waals surface area (Å²) >= 11 is 0. The number of nitrogens with two attached hydrogens (primary N) is 1. The van der Waals surface area contributed by atoms with Crippen molar-refractivity contribution in [2.75, 3.05) is 13.7 Å². The largest absolute Gasteiger partial charge is 1.00 e. The molecule has 130 valence electrons. The highest BCUT2D eigenvalue weighted by molar-refractivity contribution is 5.75. The SMILES string of the molecule is COc1cc(CNC(C)c2ccccc2)ccc1OCC(N)=O.[Cl-]. The molecular formula is C18H22ClN2O3-. The van der Waals surface area contributed by atoms with E-state index in [1.165, 1.54) is 5.56 Å². The number of carbonyl (C=O) groups excluding carboxylic acids is 1. The predicted octanol–water partition coefficient (Wildman–Crippen LogP) is -0.586. The van der Waals surface area contributed by atoms with Gasteiger partial charge in [-0.1, -0.05) is 36.4 Å². The van der Waals surface area contributed by atoms with Crippen LogP contribution in [0.1, 0.15) is 24.1 Å². The fourth-order valence-corrected chi connectivity index (χ4v) is 2.22. The molecule has 2 aromatic carbocycles. The van der Waals surface area contributed by atoms with Crippen molar-refractivity contribution in [2.24, 2.45) is 5.73 Å². The van der Waals surface area contributed by atoms with Gasteiger partial charge in [-0.05, 0) is 30.2 Å². The standard InChI is InChI=1S/C18H22N2O3.ClH/c1-13(15-6-4-3-5-7-15)20-11-14-8-9-16(17(10-14)22-2)23-12-18(19)21;/h3-10,13,20H,11-12H2,1-2H3,(H2,19,21);1H/p-1. The first-order chi connectivity index (χ1) is 11.1. The van der Waals surface area contributed by atoms with Crippen molar-refractivity contribution >= 4 is 5.91 Å². The summed E-state index contributed by atoms with van der Waals surface area (Å²) in [4.78, 5) is 10.8. The number of methoxy groups -OCH3 is 1. The van der Waals surface area contributed by atoms with Crippen LogP contribution in [0, 0.1) is 0 Å². The average molecular weight is 350 g/mol. The molecule has 1 atom stereocenters. The topological polar surface area (TPSA) is 73.6 Å². The molecule has 0 saturated carbocycles. The minimum Gasteiger partial charge on any atom is -1.00 e. The molecular weight excluding hydrogens is 328 g/mol. The van der Waals surface area contributed by atoms with E-state index in [2.05, 4.69) is 24.4 Å². The van der Waals surface area contributed by atoms with E-state index in [4.69, 9.17) is 15.2 Å². The van der Waals surface area contributed by atoms with Crippen LogP contribution in [-0.2, 0) is 11.3 Å². The number of hydrogen-bond acceptors (Lipinski definition) is 4. The number of benzene rings is 2. The minimum absolute atomic E-state index is 0.